The Labute approximate surface area is 142 Å². The highest BCUT2D eigenvalue weighted by molar-refractivity contribution is 5.85. The molecule has 0 aliphatic heterocycles. The molecule has 0 spiro atoms. The molecule has 0 heterocycles. The largest absolute Gasteiger partial charge is 0.465 e. The lowest BCUT2D eigenvalue weighted by Crippen LogP contribution is -2.34. The number of hydrogen-bond donors (Lipinski definition) is 3. The summed E-state index contributed by atoms with van der Waals surface area (Å²) in [5, 5.41) is 31.9. The molecule has 25 heavy (non-hydrogen) atoms. The van der Waals surface area contributed by atoms with Crippen molar-refractivity contribution in [3.63, 3.8) is 0 Å². The smallest absolute Gasteiger partial charge is 0.417 e. The van der Waals surface area contributed by atoms with E-state index < -0.39 is 23.7 Å². The molecular weight excluding hydrogens is 330 g/mol. The van der Waals surface area contributed by atoms with E-state index in [2.05, 4.69) is 5.32 Å². The number of anilines is 1. The van der Waals surface area contributed by atoms with Crippen LogP contribution in [0.4, 0.5) is 21.0 Å². The van der Waals surface area contributed by atoms with E-state index >= 15 is 0 Å². The molecule has 0 radical (unpaired) electrons. The number of imide groups is 1. The Bertz CT molecular complexity index is 780. The van der Waals surface area contributed by atoms with Crippen LogP contribution in [0.15, 0.2) is 48.5 Å². The summed E-state index contributed by atoms with van der Waals surface area (Å²) in [6, 6.07) is 13.2. The third kappa shape index (κ3) is 4.67. The quantitative estimate of drug-likeness (QED) is 0.540. The number of non-ortho nitro benzene ring substituents is 1. The summed E-state index contributed by atoms with van der Waals surface area (Å²) in [6.07, 6.45) is -3.32. The zero-order valence-corrected chi connectivity index (χ0v) is 13.0. The van der Waals surface area contributed by atoms with Gasteiger partial charge in [0.2, 0.25) is 0 Å². The van der Waals surface area contributed by atoms with Crippen molar-refractivity contribution in [2.75, 3.05) is 5.32 Å². The van der Waals surface area contributed by atoms with Gasteiger partial charge in [-0.15, -0.1) is 0 Å². The van der Waals surface area contributed by atoms with Crippen molar-refractivity contribution >= 4 is 23.6 Å². The minimum absolute atomic E-state index is 0.159. The Morgan fingerprint density at radius 3 is 2.28 bits per heavy atom. The van der Waals surface area contributed by atoms with E-state index in [-0.39, 0.29) is 16.2 Å². The first-order valence-electron chi connectivity index (χ1n) is 7.17. The van der Waals surface area contributed by atoms with Crippen molar-refractivity contribution in [1.82, 2.24) is 4.90 Å². The standard InChI is InChI=1S/C16H15N3O6/c20-15(21)18(16(22)23)10-12-8-13(19(24)25)6-7-14(12)17-9-11-4-2-1-3-5-11/h1-8,17H,9-10H2,(H,20,21)(H,22,23). The summed E-state index contributed by atoms with van der Waals surface area (Å²) in [6.45, 7) is -0.130. The lowest BCUT2D eigenvalue weighted by Gasteiger charge is -2.17. The second kappa shape index (κ2) is 7.77. The normalized spacial score (nSPS) is 10.1. The second-order valence-electron chi connectivity index (χ2n) is 5.09. The summed E-state index contributed by atoms with van der Waals surface area (Å²) in [7, 11) is 0. The molecule has 2 amide bonds. The summed E-state index contributed by atoms with van der Waals surface area (Å²) >= 11 is 0. The number of hydrogen-bond acceptors (Lipinski definition) is 5. The molecule has 0 aliphatic carbocycles. The molecule has 0 aliphatic rings. The average Bonchev–Trinajstić information content (AvgIpc) is 2.58. The molecule has 9 heteroatoms. The monoisotopic (exact) mass is 345 g/mol. The number of benzene rings is 2. The second-order valence-corrected chi connectivity index (χ2v) is 5.09. The average molecular weight is 345 g/mol. The number of amides is 2. The first-order chi connectivity index (χ1) is 11.9. The zero-order chi connectivity index (χ0) is 18.4. The summed E-state index contributed by atoms with van der Waals surface area (Å²) in [5.41, 5.74) is 1.30. The highest BCUT2D eigenvalue weighted by atomic mass is 16.6. The summed E-state index contributed by atoms with van der Waals surface area (Å²) < 4.78 is 0. The van der Waals surface area contributed by atoms with Crippen molar-refractivity contribution < 1.29 is 24.7 Å². The van der Waals surface area contributed by atoms with Crippen molar-refractivity contribution in [1.29, 1.82) is 0 Å². The van der Waals surface area contributed by atoms with Gasteiger partial charge in [-0.1, -0.05) is 30.3 Å². The topological polar surface area (TPSA) is 133 Å². The number of rotatable bonds is 6. The van der Waals surface area contributed by atoms with Gasteiger partial charge >= 0.3 is 12.2 Å². The molecule has 0 aromatic heterocycles. The van der Waals surface area contributed by atoms with Crippen LogP contribution in [0.3, 0.4) is 0 Å². The lowest BCUT2D eigenvalue weighted by atomic mass is 10.1. The maximum atomic E-state index is 11.0. The van der Waals surface area contributed by atoms with Crippen LogP contribution in [-0.4, -0.2) is 32.2 Å². The van der Waals surface area contributed by atoms with E-state index in [9.17, 15) is 19.7 Å². The van der Waals surface area contributed by atoms with E-state index in [0.717, 1.165) is 11.6 Å². The predicted molar refractivity (Wildman–Crippen MR) is 88.5 cm³/mol. The van der Waals surface area contributed by atoms with E-state index in [0.29, 0.717) is 12.2 Å². The molecule has 0 saturated heterocycles. The maximum absolute atomic E-state index is 11.0. The van der Waals surface area contributed by atoms with Gasteiger partial charge in [0.15, 0.2) is 0 Å². The van der Waals surface area contributed by atoms with Gasteiger partial charge in [0.25, 0.3) is 5.69 Å². The van der Waals surface area contributed by atoms with E-state index in [1.54, 1.807) is 0 Å². The van der Waals surface area contributed by atoms with Crippen molar-refractivity contribution in [2.45, 2.75) is 13.1 Å². The van der Waals surface area contributed by atoms with Crippen molar-refractivity contribution in [2.24, 2.45) is 0 Å². The number of nitrogens with one attached hydrogen (secondary N) is 1. The number of carbonyl (C=O) groups is 2. The van der Waals surface area contributed by atoms with Gasteiger partial charge in [-0.2, -0.15) is 0 Å². The summed E-state index contributed by atoms with van der Waals surface area (Å²) in [5.74, 6) is 0. The number of carboxylic acid groups (broad SMARTS) is 2. The van der Waals surface area contributed by atoms with Crippen LogP contribution < -0.4 is 5.32 Å². The molecule has 0 atom stereocenters. The van der Waals surface area contributed by atoms with Crippen molar-refractivity contribution in [3.8, 4) is 0 Å². The fourth-order valence-electron chi connectivity index (χ4n) is 2.18. The Morgan fingerprint density at radius 1 is 1.08 bits per heavy atom. The van der Waals surface area contributed by atoms with Gasteiger partial charge < -0.3 is 15.5 Å². The molecule has 130 valence electrons. The van der Waals surface area contributed by atoms with Crippen LogP contribution in [-0.2, 0) is 13.1 Å². The minimum Gasteiger partial charge on any atom is -0.465 e. The predicted octanol–water partition coefficient (Wildman–Crippen LogP) is 3.36. The van der Waals surface area contributed by atoms with Crippen LogP contribution in [0.2, 0.25) is 0 Å². The van der Waals surface area contributed by atoms with Gasteiger partial charge in [0.1, 0.15) is 0 Å². The molecule has 0 unspecified atom stereocenters. The molecule has 2 aromatic rings. The first kappa shape index (κ1) is 17.7. The third-order valence-corrected chi connectivity index (χ3v) is 3.42. The molecule has 0 saturated carbocycles. The first-order valence-corrected chi connectivity index (χ1v) is 7.17. The molecular formula is C16H15N3O6. The number of nitro groups is 1. The highest BCUT2D eigenvalue weighted by Crippen LogP contribution is 2.24. The number of nitro benzene ring substituents is 1. The van der Waals surface area contributed by atoms with Crippen LogP contribution in [0.5, 0.6) is 0 Å². The van der Waals surface area contributed by atoms with Crippen LogP contribution in [0.25, 0.3) is 0 Å². The molecule has 0 bridgehead atoms. The van der Waals surface area contributed by atoms with Gasteiger partial charge in [-0.3, -0.25) is 10.1 Å². The van der Waals surface area contributed by atoms with Crippen LogP contribution in [0, 0.1) is 10.1 Å². The molecule has 2 rings (SSSR count). The lowest BCUT2D eigenvalue weighted by molar-refractivity contribution is -0.384. The van der Waals surface area contributed by atoms with Gasteiger partial charge in [-0.05, 0) is 11.6 Å². The Morgan fingerprint density at radius 2 is 1.72 bits per heavy atom. The SMILES string of the molecule is O=C(O)N(Cc1cc([N+](=O)[O-])ccc1NCc1ccccc1)C(=O)O. The van der Waals surface area contributed by atoms with Crippen LogP contribution in [0.1, 0.15) is 11.1 Å². The number of nitrogens with zero attached hydrogens (tertiary/aromatic N) is 2. The van der Waals surface area contributed by atoms with E-state index in [1.165, 1.54) is 12.1 Å². The molecule has 9 nitrogen and oxygen atoms in total. The van der Waals surface area contributed by atoms with Gasteiger partial charge in [-0.25, -0.2) is 14.5 Å². The van der Waals surface area contributed by atoms with Crippen molar-refractivity contribution in [3.05, 3.63) is 69.8 Å². The van der Waals surface area contributed by atoms with Gasteiger partial charge in [0.05, 0.1) is 11.5 Å². The van der Waals surface area contributed by atoms with E-state index in [1.807, 2.05) is 30.3 Å². The maximum Gasteiger partial charge on any atom is 0.417 e. The fraction of sp³-hybridized carbons (Fsp3) is 0.125. The molecule has 2 aromatic carbocycles. The fourth-order valence-corrected chi connectivity index (χ4v) is 2.18. The third-order valence-electron chi connectivity index (χ3n) is 3.42. The van der Waals surface area contributed by atoms with E-state index in [4.69, 9.17) is 10.2 Å². The minimum atomic E-state index is -1.66. The zero-order valence-electron chi connectivity index (χ0n) is 13.0. The highest BCUT2D eigenvalue weighted by Gasteiger charge is 2.22. The Kier molecular flexibility index (Phi) is 5.51. The van der Waals surface area contributed by atoms with Gasteiger partial charge in [0, 0.05) is 29.9 Å². The molecule has 0 fully saturated rings. The summed E-state index contributed by atoms with van der Waals surface area (Å²) in [4.78, 5) is 32.6. The Balaban J connectivity index is 2.29. The molecule has 3 N–H and O–H groups in total. The van der Waals surface area contributed by atoms with Crippen LogP contribution >= 0.6 is 0 Å². The Hall–Kier alpha value is -3.62.